The molecule has 0 bridgehead atoms. The fourth-order valence-corrected chi connectivity index (χ4v) is 2.49. The predicted octanol–water partition coefficient (Wildman–Crippen LogP) is 0.672. The van der Waals surface area contributed by atoms with E-state index in [-0.39, 0.29) is 24.8 Å². The van der Waals surface area contributed by atoms with Crippen LogP contribution in [0.4, 0.5) is 0 Å². The summed E-state index contributed by atoms with van der Waals surface area (Å²) in [7, 11) is 0. The molecule has 0 aromatic heterocycles. The van der Waals surface area contributed by atoms with E-state index in [1.54, 1.807) is 4.90 Å². The van der Waals surface area contributed by atoms with Gasteiger partial charge in [-0.1, -0.05) is 30.3 Å². The highest BCUT2D eigenvalue weighted by molar-refractivity contribution is 5.84. The zero-order valence-electron chi connectivity index (χ0n) is 12.2. The Hall–Kier alpha value is -1.72. The second-order valence-electron chi connectivity index (χ2n) is 5.34. The van der Waals surface area contributed by atoms with Crippen molar-refractivity contribution in [1.82, 2.24) is 9.80 Å². The van der Waals surface area contributed by atoms with Gasteiger partial charge in [-0.15, -0.1) is 0 Å². The number of likely N-dealkylation sites (tertiary alicyclic amines) is 1. The summed E-state index contributed by atoms with van der Waals surface area (Å²) in [5.74, 6) is 0.266. The lowest BCUT2D eigenvalue weighted by atomic mass is 10.1. The number of amides is 1. The summed E-state index contributed by atoms with van der Waals surface area (Å²) < 4.78 is 0. The van der Waals surface area contributed by atoms with Gasteiger partial charge in [-0.3, -0.25) is 14.5 Å². The lowest BCUT2D eigenvalue weighted by Crippen LogP contribution is -2.44. The fraction of sp³-hybridized carbons (Fsp3) is 0.500. The molecule has 5 heteroatoms. The Morgan fingerprint density at radius 1 is 1.19 bits per heavy atom. The number of hydrogen-bond acceptors (Lipinski definition) is 4. The second kappa shape index (κ2) is 7.90. The van der Waals surface area contributed by atoms with E-state index in [9.17, 15) is 9.59 Å². The Labute approximate surface area is 125 Å². The first kappa shape index (κ1) is 15.7. The van der Waals surface area contributed by atoms with Gasteiger partial charge < -0.3 is 10.0 Å². The highest BCUT2D eigenvalue weighted by Crippen LogP contribution is 2.08. The second-order valence-corrected chi connectivity index (χ2v) is 5.34. The average molecular weight is 290 g/mol. The predicted molar refractivity (Wildman–Crippen MR) is 79.6 cm³/mol. The van der Waals surface area contributed by atoms with Crippen LogP contribution in [0.15, 0.2) is 30.3 Å². The van der Waals surface area contributed by atoms with E-state index in [4.69, 9.17) is 5.11 Å². The minimum atomic E-state index is 0.0264. The topological polar surface area (TPSA) is 60.9 Å². The summed E-state index contributed by atoms with van der Waals surface area (Å²) in [6.07, 6.45) is 0.925. The molecule has 0 aliphatic carbocycles. The van der Waals surface area contributed by atoms with Crippen molar-refractivity contribution in [2.24, 2.45) is 0 Å². The maximum Gasteiger partial charge on any atom is 0.236 e. The van der Waals surface area contributed by atoms with Gasteiger partial charge in [0.2, 0.25) is 5.91 Å². The van der Waals surface area contributed by atoms with E-state index >= 15 is 0 Å². The summed E-state index contributed by atoms with van der Waals surface area (Å²) in [5.41, 5.74) is 1.12. The zero-order valence-corrected chi connectivity index (χ0v) is 12.2. The molecule has 0 saturated carbocycles. The van der Waals surface area contributed by atoms with Crippen molar-refractivity contribution in [2.75, 3.05) is 32.8 Å². The van der Waals surface area contributed by atoms with Crippen LogP contribution in [0.3, 0.4) is 0 Å². The first-order valence-electron chi connectivity index (χ1n) is 7.35. The Balaban J connectivity index is 1.89. The Bertz CT molecular complexity index is 466. The Morgan fingerprint density at radius 3 is 2.48 bits per heavy atom. The molecule has 1 fully saturated rings. The summed E-state index contributed by atoms with van der Waals surface area (Å²) >= 11 is 0. The maximum absolute atomic E-state index is 12.3. The van der Waals surface area contributed by atoms with Crippen molar-refractivity contribution in [3.63, 3.8) is 0 Å². The zero-order chi connectivity index (χ0) is 15.1. The largest absolute Gasteiger partial charge is 0.395 e. The number of aliphatic hydroxyl groups excluding tert-OH is 1. The van der Waals surface area contributed by atoms with Crippen molar-refractivity contribution >= 4 is 11.7 Å². The van der Waals surface area contributed by atoms with Crippen molar-refractivity contribution in [3.8, 4) is 0 Å². The molecule has 1 aromatic carbocycles. The summed E-state index contributed by atoms with van der Waals surface area (Å²) in [6, 6.07) is 9.90. The molecular weight excluding hydrogens is 268 g/mol. The highest BCUT2D eigenvalue weighted by atomic mass is 16.3. The van der Waals surface area contributed by atoms with Crippen LogP contribution in [-0.2, 0) is 16.1 Å². The molecule has 1 aliphatic rings. The molecule has 1 N–H and O–H groups in total. The van der Waals surface area contributed by atoms with Crippen LogP contribution < -0.4 is 0 Å². The van der Waals surface area contributed by atoms with Gasteiger partial charge >= 0.3 is 0 Å². The standard InChI is InChI=1S/C16H22N2O3/c19-11-10-17(12-14-4-2-1-3-5-14)13-16(21)18-8-6-15(20)7-9-18/h1-5,19H,6-13H2. The number of nitrogens with zero attached hydrogens (tertiary/aromatic N) is 2. The summed E-state index contributed by atoms with van der Waals surface area (Å²) in [5, 5.41) is 9.16. The van der Waals surface area contributed by atoms with Crippen LogP contribution in [0.5, 0.6) is 0 Å². The lowest BCUT2D eigenvalue weighted by Gasteiger charge is -2.29. The molecular formula is C16H22N2O3. The number of rotatable bonds is 6. The smallest absolute Gasteiger partial charge is 0.236 e. The number of hydrogen-bond donors (Lipinski definition) is 1. The molecule has 1 aromatic rings. The number of aliphatic hydroxyl groups is 1. The maximum atomic E-state index is 12.3. The van der Waals surface area contributed by atoms with Crippen molar-refractivity contribution in [3.05, 3.63) is 35.9 Å². The third-order valence-corrected chi connectivity index (χ3v) is 3.70. The highest BCUT2D eigenvalue weighted by Gasteiger charge is 2.22. The molecule has 1 saturated heterocycles. The van der Waals surface area contributed by atoms with Crippen molar-refractivity contribution in [2.45, 2.75) is 19.4 Å². The van der Waals surface area contributed by atoms with Gasteiger partial charge in [0.25, 0.3) is 0 Å². The van der Waals surface area contributed by atoms with E-state index in [0.29, 0.717) is 39.0 Å². The first-order chi connectivity index (χ1) is 10.2. The molecule has 1 amide bonds. The van der Waals surface area contributed by atoms with Crippen LogP contribution in [0.25, 0.3) is 0 Å². The summed E-state index contributed by atoms with van der Waals surface area (Å²) in [4.78, 5) is 27.2. The quantitative estimate of drug-likeness (QED) is 0.836. The molecule has 0 unspecified atom stereocenters. The van der Waals surface area contributed by atoms with Gasteiger partial charge in [0, 0.05) is 39.0 Å². The van der Waals surface area contributed by atoms with E-state index < -0.39 is 0 Å². The summed E-state index contributed by atoms with van der Waals surface area (Å²) in [6.45, 7) is 2.46. The number of benzene rings is 1. The molecule has 1 heterocycles. The van der Waals surface area contributed by atoms with Gasteiger partial charge in [-0.25, -0.2) is 0 Å². The molecule has 114 valence electrons. The number of carbonyl (C=O) groups excluding carboxylic acids is 2. The van der Waals surface area contributed by atoms with E-state index in [1.807, 2.05) is 35.2 Å². The van der Waals surface area contributed by atoms with E-state index in [1.165, 1.54) is 0 Å². The third kappa shape index (κ3) is 4.95. The molecule has 2 rings (SSSR count). The number of piperidine rings is 1. The third-order valence-electron chi connectivity index (χ3n) is 3.70. The van der Waals surface area contributed by atoms with Crippen LogP contribution in [0.2, 0.25) is 0 Å². The molecule has 5 nitrogen and oxygen atoms in total. The fourth-order valence-electron chi connectivity index (χ4n) is 2.49. The number of carbonyl (C=O) groups is 2. The van der Waals surface area contributed by atoms with E-state index in [2.05, 4.69) is 0 Å². The number of Topliss-reactive ketones (excluding diaryl/α,β-unsaturated/α-hetero) is 1. The Morgan fingerprint density at radius 2 is 1.86 bits per heavy atom. The normalized spacial score (nSPS) is 15.5. The van der Waals surface area contributed by atoms with Crippen molar-refractivity contribution in [1.29, 1.82) is 0 Å². The first-order valence-corrected chi connectivity index (χ1v) is 7.35. The molecule has 21 heavy (non-hydrogen) atoms. The van der Waals surface area contributed by atoms with Crippen LogP contribution in [-0.4, -0.2) is 59.4 Å². The SMILES string of the molecule is O=C1CCN(C(=O)CN(CCO)Cc2ccccc2)CC1. The molecule has 1 aliphatic heterocycles. The minimum absolute atomic E-state index is 0.0264. The van der Waals surface area contributed by atoms with Gasteiger partial charge in [-0.05, 0) is 5.56 Å². The Kier molecular flexibility index (Phi) is 5.90. The van der Waals surface area contributed by atoms with Crippen molar-refractivity contribution < 1.29 is 14.7 Å². The minimum Gasteiger partial charge on any atom is -0.395 e. The molecule has 0 spiro atoms. The van der Waals surface area contributed by atoms with Crippen LogP contribution in [0, 0.1) is 0 Å². The van der Waals surface area contributed by atoms with Gasteiger partial charge in [0.1, 0.15) is 5.78 Å². The number of ketones is 1. The molecule has 0 radical (unpaired) electrons. The average Bonchev–Trinajstić information content (AvgIpc) is 2.49. The lowest BCUT2D eigenvalue weighted by molar-refractivity contribution is -0.135. The van der Waals surface area contributed by atoms with Gasteiger partial charge in [0.05, 0.1) is 13.2 Å². The van der Waals surface area contributed by atoms with E-state index in [0.717, 1.165) is 5.56 Å². The van der Waals surface area contributed by atoms with Crippen LogP contribution >= 0.6 is 0 Å². The van der Waals surface area contributed by atoms with Gasteiger partial charge in [0.15, 0.2) is 0 Å². The monoisotopic (exact) mass is 290 g/mol. The van der Waals surface area contributed by atoms with Crippen LogP contribution in [0.1, 0.15) is 18.4 Å². The molecule has 0 atom stereocenters. The van der Waals surface area contributed by atoms with Gasteiger partial charge in [-0.2, -0.15) is 0 Å².